The number of rotatable bonds is 5. The number of benzene rings is 2. The van der Waals surface area contributed by atoms with Gasteiger partial charge in [0.05, 0.1) is 0 Å². The van der Waals surface area contributed by atoms with Gasteiger partial charge in [-0.05, 0) is 41.8 Å². The molecule has 0 fully saturated rings. The summed E-state index contributed by atoms with van der Waals surface area (Å²) in [4.78, 5) is 25.3. The minimum atomic E-state index is -0.0956. The van der Waals surface area contributed by atoms with E-state index in [1.165, 1.54) is 0 Å². The molecular weight excluding hydrogens is 384 g/mol. The third-order valence-electron chi connectivity index (χ3n) is 4.13. The van der Waals surface area contributed by atoms with Gasteiger partial charge in [0.2, 0.25) is 5.91 Å². The van der Waals surface area contributed by atoms with Crippen LogP contribution in [0.5, 0.6) is 5.75 Å². The first-order valence-corrected chi connectivity index (χ1v) is 8.85. The maximum atomic E-state index is 12.3. The maximum Gasteiger partial charge on any atom is 0.260 e. The van der Waals surface area contributed by atoms with Crippen molar-refractivity contribution in [3.05, 3.63) is 58.1 Å². The summed E-state index contributed by atoms with van der Waals surface area (Å²) in [5.74, 6) is 0.573. The number of amides is 2. The summed E-state index contributed by atoms with van der Waals surface area (Å²) in [5.41, 5.74) is 2.90. The van der Waals surface area contributed by atoms with Gasteiger partial charge in [-0.3, -0.25) is 9.59 Å². The highest BCUT2D eigenvalue weighted by molar-refractivity contribution is 9.10. The smallest absolute Gasteiger partial charge is 0.260 e. The summed E-state index contributed by atoms with van der Waals surface area (Å²) >= 11 is 3.49. The summed E-state index contributed by atoms with van der Waals surface area (Å²) in [5, 5.41) is 2.83. The van der Waals surface area contributed by atoms with Gasteiger partial charge in [0.15, 0.2) is 6.61 Å². The largest absolute Gasteiger partial charge is 0.484 e. The summed E-state index contributed by atoms with van der Waals surface area (Å²) in [6.07, 6.45) is 1.17. The number of halogens is 1. The number of hydrogen-bond donors (Lipinski definition) is 1. The van der Waals surface area contributed by atoms with Crippen molar-refractivity contribution in [1.82, 2.24) is 4.90 Å². The molecule has 0 spiro atoms. The van der Waals surface area contributed by atoms with Gasteiger partial charge in [-0.2, -0.15) is 0 Å². The van der Waals surface area contributed by atoms with E-state index in [1.54, 1.807) is 18.0 Å². The molecule has 5 nitrogen and oxygen atoms in total. The first kappa shape index (κ1) is 17.5. The molecule has 1 heterocycles. The average Bonchev–Trinajstić information content (AvgIpc) is 2.61. The van der Waals surface area contributed by atoms with Crippen LogP contribution in [-0.4, -0.2) is 30.4 Å². The molecule has 0 aromatic heterocycles. The topological polar surface area (TPSA) is 58.6 Å². The number of carbonyl (C=O) groups excluding carboxylic acids is 2. The Morgan fingerprint density at radius 3 is 2.84 bits per heavy atom. The van der Waals surface area contributed by atoms with Crippen LogP contribution in [0.15, 0.2) is 46.9 Å². The zero-order valence-electron chi connectivity index (χ0n) is 13.9. The Hall–Kier alpha value is -2.34. The van der Waals surface area contributed by atoms with Gasteiger partial charge >= 0.3 is 0 Å². The molecule has 1 aliphatic heterocycles. The quantitative estimate of drug-likeness (QED) is 0.833. The van der Waals surface area contributed by atoms with Gasteiger partial charge < -0.3 is 15.0 Å². The van der Waals surface area contributed by atoms with Gasteiger partial charge in [0.1, 0.15) is 5.75 Å². The fourth-order valence-corrected chi connectivity index (χ4v) is 3.09. The number of aryl methyl sites for hydroxylation is 1. The molecule has 25 heavy (non-hydrogen) atoms. The number of nitrogens with zero attached hydrogens (tertiary/aromatic N) is 1. The Labute approximate surface area is 155 Å². The predicted molar refractivity (Wildman–Crippen MR) is 99.5 cm³/mol. The molecule has 6 heteroatoms. The second-order valence-corrected chi connectivity index (χ2v) is 6.85. The number of anilines is 1. The fourth-order valence-electron chi connectivity index (χ4n) is 2.68. The van der Waals surface area contributed by atoms with Crippen molar-refractivity contribution in [2.24, 2.45) is 0 Å². The average molecular weight is 403 g/mol. The van der Waals surface area contributed by atoms with Crippen molar-refractivity contribution in [2.45, 2.75) is 19.4 Å². The van der Waals surface area contributed by atoms with E-state index in [2.05, 4.69) is 21.2 Å². The Morgan fingerprint density at radius 1 is 1.24 bits per heavy atom. The molecule has 0 radical (unpaired) electrons. The van der Waals surface area contributed by atoms with Crippen LogP contribution in [-0.2, 0) is 22.6 Å². The lowest BCUT2D eigenvalue weighted by Crippen LogP contribution is -2.31. The fraction of sp³-hybridized carbons (Fsp3) is 0.263. The van der Waals surface area contributed by atoms with Crippen LogP contribution in [0.2, 0.25) is 0 Å². The standard InChI is InChI=1S/C19H19BrN2O3/c1-22(11-14-4-2-3-5-16(14)20)19(24)12-25-15-7-8-17-13(10-15)6-9-18(23)21-17/h2-5,7-8,10H,6,9,11-12H2,1H3,(H,21,23). The lowest BCUT2D eigenvalue weighted by Gasteiger charge is -2.20. The molecule has 1 N–H and O–H groups in total. The molecule has 3 rings (SSSR count). The molecule has 2 aromatic carbocycles. The van der Waals surface area contributed by atoms with E-state index in [1.807, 2.05) is 36.4 Å². The highest BCUT2D eigenvalue weighted by Crippen LogP contribution is 2.26. The second kappa shape index (κ2) is 7.70. The highest BCUT2D eigenvalue weighted by atomic mass is 79.9. The molecule has 0 saturated heterocycles. The van der Waals surface area contributed by atoms with Crippen molar-refractivity contribution in [2.75, 3.05) is 19.0 Å². The van der Waals surface area contributed by atoms with Crippen molar-refractivity contribution >= 4 is 33.4 Å². The lowest BCUT2D eigenvalue weighted by molar-refractivity contribution is -0.132. The van der Waals surface area contributed by atoms with Crippen molar-refractivity contribution in [1.29, 1.82) is 0 Å². The Morgan fingerprint density at radius 2 is 2.04 bits per heavy atom. The summed E-state index contributed by atoms with van der Waals surface area (Å²) in [6, 6.07) is 13.3. The van der Waals surface area contributed by atoms with Crippen molar-refractivity contribution in [3.63, 3.8) is 0 Å². The molecule has 130 valence electrons. The van der Waals surface area contributed by atoms with Gasteiger partial charge in [-0.25, -0.2) is 0 Å². The van der Waals surface area contributed by atoms with E-state index in [4.69, 9.17) is 4.74 Å². The van der Waals surface area contributed by atoms with E-state index in [9.17, 15) is 9.59 Å². The number of hydrogen-bond acceptors (Lipinski definition) is 3. The number of fused-ring (bicyclic) bond motifs is 1. The number of nitrogens with one attached hydrogen (secondary N) is 1. The molecule has 2 aromatic rings. The normalized spacial score (nSPS) is 13.0. The summed E-state index contributed by atoms with van der Waals surface area (Å²) < 4.78 is 6.61. The molecule has 0 atom stereocenters. The number of ether oxygens (including phenoxy) is 1. The van der Waals surface area contributed by atoms with Gasteiger partial charge in [0, 0.05) is 30.2 Å². The van der Waals surface area contributed by atoms with E-state index in [0.29, 0.717) is 25.1 Å². The van der Waals surface area contributed by atoms with E-state index in [-0.39, 0.29) is 18.4 Å². The Kier molecular flexibility index (Phi) is 5.38. The number of likely N-dealkylation sites (N-methyl/N-ethyl adjacent to an activating group) is 1. The monoisotopic (exact) mass is 402 g/mol. The maximum absolute atomic E-state index is 12.3. The van der Waals surface area contributed by atoms with Gasteiger partial charge in [-0.1, -0.05) is 34.1 Å². The van der Waals surface area contributed by atoms with E-state index in [0.717, 1.165) is 21.3 Å². The highest BCUT2D eigenvalue weighted by Gasteiger charge is 2.16. The zero-order valence-corrected chi connectivity index (χ0v) is 15.5. The van der Waals surface area contributed by atoms with Crippen LogP contribution < -0.4 is 10.1 Å². The van der Waals surface area contributed by atoms with Crippen LogP contribution in [0.1, 0.15) is 17.5 Å². The predicted octanol–water partition coefficient (Wildman–Crippen LogP) is 3.37. The second-order valence-electron chi connectivity index (χ2n) is 6.00. The van der Waals surface area contributed by atoms with Crippen molar-refractivity contribution < 1.29 is 14.3 Å². The third kappa shape index (κ3) is 4.39. The van der Waals surface area contributed by atoms with E-state index >= 15 is 0 Å². The minimum Gasteiger partial charge on any atom is -0.484 e. The molecule has 0 unspecified atom stereocenters. The summed E-state index contributed by atoms with van der Waals surface area (Å²) in [6.45, 7) is 0.492. The van der Waals surface area contributed by atoms with E-state index < -0.39 is 0 Å². The minimum absolute atomic E-state index is 0.0217. The third-order valence-corrected chi connectivity index (χ3v) is 4.90. The molecule has 0 saturated carbocycles. The van der Waals surface area contributed by atoms with Crippen LogP contribution in [0.3, 0.4) is 0 Å². The Bertz CT molecular complexity index is 807. The first-order valence-electron chi connectivity index (χ1n) is 8.06. The molecular formula is C19H19BrN2O3. The van der Waals surface area contributed by atoms with Crippen molar-refractivity contribution in [3.8, 4) is 5.75 Å². The number of carbonyl (C=O) groups is 2. The zero-order chi connectivity index (χ0) is 17.8. The molecule has 0 bridgehead atoms. The van der Waals surface area contributed by atoms with Crippen LogP contribution in [0.25, 0.3) is 0 Å². The van der Waals surface area contributed by atoms with Gasteiger partial charge in [-0.15, -0.1) is 0 Å². The first-order chi connectivity index (χ1) is 12.0. The molecule has 0 aliphatic carbocycles. The van der Waals surface area contributed by atoms with Crippen LogP contribution >= 0.6 is 15.9 Å². The molecule has 1 aliphatic rings. The Balaban J connectivity index is 1.57. The van der Waals surface area contributed by atoms with Crippen LogP contribution in [0.4, 0.5) is 5.69 Å². The van der Waals surface area contributed by atoms with Crippen LogP contribution in [0, 0.1) is 0 Å². The SMILES string of the molecule is CN(Cc1ccccc1Br)C(=O)COc1ccc2c(c1)CCC(=O)N2. The molecule has 2 amide bonds. The summed E-state index contributed by atoms with van der Waals surface area (Å²) in [7, 11) is 1.76. The van der Waals surface area contributed by atoms with Gasteiger partial charge in [0.25, 0.3) is 5.91 Å². The lowest BCUT2D eigenvalue weighted by atomic mass is 10.0.